The number of pyridine rings is 1. The summed E-state index contributed by atoms with van der Waals surface area (Å²) < 4.78 is 5.93. The van der Waals surface area contributed by atoms with Gasteiger partial charge in [-0.1, -0.05) is 6.92 Å². The van der Waals surface area contributed by atoms with Crippen molar-refractivity contribution in [3.63, 3.8) is 0 Å². The lowest BCUT2D eigenvalue weighted by atomic mass is 10.3. The molecule has 0 atom stereocenters. The van der Waals surface area contributed by atoms with Crippen LogP contribution in [0.4, 0.5) is 0 Å². The van der Waals surface area contributed by atoms with Crippen molar-refractivity contribution in [2.75, 3.05) is 7.11 Å². The van der Waals surface area contributed by atoms with Gasteiger partial charge in [-0.05, 0) is 34.5 Å². The fraction of sp³-hybridized carbons (Fsp3) is 0.375. The third-order valence-corrected chi connectivity index (χ3v) is 2.03. The zero-order valence-electron chi connectivity index (χ0n) is 6.60. The molecule has 0 radical (unpaired) electrons. The van der Waals surface area contributed by atoms with Crippen LogP contribution in [0.1, 0.15) is 12.6 Å². The topological polar surface area (TPSA) is 22.1 Å². The molecule has 1 aromatic rings. The number of ether oxygens (including phenoxy) is 1. The molecule has 0 fully saturated rings. The molecule has 60 valence electrons. The first kappa shape index (κ1) is 8.53. The van der Waals surface area contributed by atoms with Gasteiger partial charge < -0.3 is 4.74 Å². The van der Waals surface area contributed by atoms with Gasteiger partial charge in [0.2, 0.25) is 5.88 Å². The Hall–Kier alpha value is -0.570. The summed E-state index contributed by atoms with van der Waals surface area (Å²) in [6.07, 6.45) is 0.934. The van der Waals surface area contributed by atoms with Crippen LogP contribution in [-0.4, -0.2) is 12.1 Å². The SMILES string of the molecule is CCc1ccc(Br)c(OC)n1. The van der Waals surface area contributed by atoms with Crippen LogP contribution >= 0.6 is 15.9 Å². The van der Waals surface area contributed by atoms with Crippen LogP contribution in [0.5, 0.6) is 5.88 Å². The lowest BCUT2D eigenvalue weighted by Crippen LogP contribution is -1.92. The van der Waals surface area contributed by atoms with Crippen molar-refractivity contribution in [3.8, 4) is 5.88 Å². The molecule has 1 aromatic heterocycles. The molecule has 2 nitrogen and oxygen atoms in total. The van der Waals surface area contributed by atoms with Gasteiger partial charge in [0.05, 0.1) is 11.6 Å². The third kappa shape index (κ3) is 1.93. The van der Waals surface area contributed by atoms with Crippen LogP contribution in [0.2, 0.25) is 0 Å². The molecule has 0 spiro atoms. The Kier molecular flexibility index (Phi) is 2.88. The van der Waals surface area contributed by atoms with Crippen LogP contribution in [0.15, 0.2) is 16.6 Å². The maximum Gasteiger partial charge on any atom is 0.227 e. The number of aryl methyl sites for hydroxylation is 1. The zero-order chi connectivity index (χ0) is 8.27. The quantitative estimate of drug-likeness (QED) is 0.757. The monoisotopic (exact) mass is 215 g/mol. The largest absolute Gasteiger partial charge is 0.480 e. The van der Waals surface area contributed by atoms with E-state index in [1.165, 1.54) is 0 Å². The van der Waals surface area contributed by atoms with E-state index in [0.29, 0.717) is 5.88 Å². The average molecular weight is 216 g/mol. The molecule has 11 heavy (non-hydrogen) atoms. The summed E-state index contributed by atoms with van der Waals surface area (Å²) in [5.74, 6) is 0.657. The van der Waals surface area contributed by atoms with E-state index in [-0.39, 0.29) is 0 Å². The second-order valence-corrected chi connectivity index (χ2v) is 3.00. The van der Waals surface area contributed by atoms with Crippen LogP contribution in [0.25, 0.3) is 0 Å². The van der Waals surface area contributed by atoms with Gasteiger partial charge in [-0.3, -0.25) is 0 Å². The minimum atomic E-state index is 0.657. The number of aromatic nitrogens is 1. The maximum absolute atomic E-state index is 5.03. The molecular weight excluding hydrogens is 206 g/mol. The van der Waals surface area contributed by atoms with Crippen molar-refractivity contribution < 1.29 is 4.74 Å². The van der Waals surface area contributed by atoms with E-state index >= 15 is 0 Å². The number of halogens is 1. The van der Waals surface area contributed by atoms with Gasteiger partial charge in [0.15, 0.2) is 0 Å². The molecule has 0 unspecified atom stereocenters. The van der Waals surface area contributed by atoms with Crippen molar-refractivity contribution in [1.29, 1.82) is 0 Å². The van der Waals surface area contributed by atoms with Crippen LogP contribution in [0, 0.1) is 0 Å². The molecule has 3 heteroatoms. The number of hydrogen-bond donors (Lipinski definition) is 0. The molecule has 0 aliphatic heterocycles. The highest BCUT2D eigenvalue weighted by molar-refractivity contribution is 9.10. The molecule has 0 saturated heterocycles. The summed E-state index contributed by atoms with van der Waals surface area (Å²) in [6.45, 7) is 2.07. The van der Waals surface area contributed by atoms with Gasteiger partial charge in [-0.25, -0.2) is 4.98 Å². The Morgan fingerprint density at radius 3 is 2.82 bits per heavy atom. The molecule has 0 bridgehead atoms. The van der Waals surface area contributed by atoms with E-state index in [1.54, 1.807) is 7.11 Å². The van der Waals surface area contributed by atoms with Gasteiger partial charge in [-0.2, -0.15) is 0 Å². The van der Waals surface area contributed by atoms with Gasteiger partial charge >= 0.3 is 0 Å². The van der Waals surface area contributed by atoms with Crippen LogP contribution in [0.3, 0.4) is 0 Å². The predicted octanol–water partition coefficient (Wildman–Crippen LogP) is 2.42. The lowest BCUT2D eigenvalue weighted by molar-refractivity contribution is 0.393. The number of nitrogens with zero attached hydrogens (tertiary/aromatic N) is 1. The van der Waals surface area contributed by atoms with Crippen molar-refractivity contribution in [2.24, 2.45) is 0 Å². The van der Waals surface area contributed by atoms with Gasteiger partial charge in [0.25, 0.3) is 0 Å². The van der Waals surface area contributed by atoms with E-state index in [2.05, 4.69) is 27.8 Å². The Bertz CT molecular complexity index is 250. The molecule has 0 amide bonds. The number of rotatable bonds is 2. The van der Waals surface area contributed by atoms with E-state index < -0.39 is 0 Å². The molecule has 0 saturated carbocycles. The van der Waals surface area contributed by atoms with Crippen molar-refractivity contribution in [3.05, 3.63) is 22.3 Å². The maximum atomic E-state index is 5.03. The molecule has 0 aliphatic rings. The summed E-state index contributed by atoms with van der Waals surface area (Å²) in [7, 11) is 1.62. The first-order chi connectivity index (χ1) is 5.27. The lowest BCUT2D eigenvalue weighted by Gasteiger charge is -2.02. The van der Waals surface area contributed by atoms with Crippen molar-refractivity contribution in [2.45, 2.75) is 13.3 Å². The second-order valence-electron chi connectivity index (χ2n) is 2.15. The minimum Gasteiger partial charge on any atom is -0.480 e. The highest BCUT2D eigenvalue weighted by Gasteiger charge is 2.00. The first-order valence-electron chi connectivity index (χ1n) is 3.47. The van der Waals surface area contributed by atoms with Gasteiger partial charge in [0.1, 0.15) is 0 Å². The zero-order valence-corrected chi connectivity index (χ0v) is 8.18. The fourth-order valence-corrected chi connectivity index (χ4v) is 1.18. The summed E-state index contributed by atoms with van der Waals surface area (Å²) in [5, 5.41) is 0. The fourth-order valence-electron chi connectivity index (χ4n) is 0.802. The second kappa shape index (κ2) is 3.72. The van der Waals surface area contributed by atoms with Crippen molar-refractivity contribution >= 4 is 15.9 Å². The molecular formula is C8H10BrNO. The number of hydrogen-bond acceptors (Lipinski definition) is 2. The standard InChI is InChI=1S/C8H10BrNO/c1-3-6-4-5-7(9)8(10-6)11-2/h4-5H,3H2,1-2H3. The van der Waals surface area contributed by atoms with E-state index in [9.17, 15) is 0 Å². The smallest absolute Gasteiger partial charge is 0.227 e. The Balaban J connectivity index is 3.02. The van der Waals surface area contributed by atoms with Crippen molar-refractivity contribution in [1.82, 2.24) is 4.98 Å². The Morgan fingerprint density at radius 2 is 2.27 bits per heavy atom. The number of methoxy groups -OCH3 is 1. The third-order valence-electron chi connectivity index (χ3n) is 1.43. The summed E-state index contributed by atoms with van der Waals surface area (Å²) >= 11 is 3.33. The van der Waals surface area contributed by atoms with Gasteiger partial charge in [-0.15, -0.1) is 0 Å². The summed E-state index contributed by atoms with van der Waals surface area (Å²) in [5.41, 5.74) is 1.05. The molecule has 0 aromatic carbocycles. The summed E-state index contributed by atoms with van der Waals surface area (Å²) in [6, 6.07) is 3.93. The highest BCUT2D eigenvalue weighted by atomic mass is 79.9. The molecule has 0 N–H and O–H groups in total. The van der Waals surface area contributed by atoms with Crippen LogP contribution in [-0.2, 0) is 6.42 Å². The van der Waals surface area contributed by atoms with E-state index in [0.717, 1.165) is 16.6 Å². The predicted molar refractivity (Wildman–Crippen MR) is 47.9 cm³/mol. The first-order valence-corrected chi connectivity index (χ1v) is 4.26. The highest BCUT2D eigenvalue weighted by Crippen LogP contribution is 2.21. The molecule has 1 heterocycles. The average Bonchev–Trinajstić information content (AvgIpc) is 2.05. The van der Waals surface area contributed by atoms with Gasteiger partial charge in [0, 0.05) is 5.69 Å². The normalized spacial score (nSPS) is 9.73. The summed E-state index contributed by atoms with van der Waals surface area (Å²) in [4.78, 5) is 4.24. The molecule has 1 rings (SSSR count). The van der Waals surface area contributed by atoms with Crippen LogP contribution < -0.4 is 4.74 Å². The van der Waals surface area contributed by atoms with E-state index in [1.807, 2.05) is 12.1 Å². The molecule has 0 aliphatic carbocycles. The Labute approximate surface area is 74.7 Å². The van der Waals surface area contributed by atoms with E-state index in [4.69, 9.17) is 4.74 Å². The minimum absolute atomic E-state index is 0.657. The Morgan fingerprint density at radius 1 is 1.55 bits per heavy atom.